The van der Waals surface area contributed by atoms with Gasteiger partial charge >= 0.3 is 0 Å². The molecule has 102 valence electrons. The van der Waals surface area contributed by atoms with Crippen LogP contribution in [0.25, 0.3) is 0 Å². The van der Waals surface area contributed by atoms with Gasteiger partial charge in [0.15, 0.2) is 0 Å². The maximum absolute atomic E-state index is 13.2. The molecule has 1 unspecified atom stereocenters. The molecule has 4 heteroatoms. The number of rotatable bonds is 5. The van der Waals surface area contributed by atoms with Crippen LogP contribution in [-0.2, 0) is 6.42 Å². The van der Waals surface area contributed by atoms with E-state index in [0.717, 1.165) is 18.5 Å². The van der Waals surface area contributed by atoms with Crippen LogP contribution in [-0.4, -0.2) is 6.54 Å². The fourth-order valence-corrected chi connectivity index (χ4v) is 3.35. The molecule has 0 spiro atoms. The summed E-state index contributed by atoms with van der Waals surface area (Å²) in [5.74, 6) is -0.363. The molecule has 1 atom stereocenters. The molecule has 1 aromatic heterocycles. The number of aryl methyl sites for hydroxylation is 1. The van der Waals surface area contributed by atoms with Crippen LogP contribution in [0, 0.1) is 12.7 Å². The lowest BCUT2D eigenvalue weighted by Crippen LogP contribution is -2.22. The van der Waals surface area contributed by atoms with Gasteiger partial charge in [-0.15, -0.1) is 11.3 Å². The Morgan fingerprint density at radius 3 is 2.74 bits per heavy atom. The zero-order valence-corrected chi connectivity index (χ0v) is 12.6. The van der Waals surface area contributed by atoms with Crippen molar-refractivity contribution in [3.8, 4) is 0 Å². The van der Waals surface area contributed by atoms with E-state index in [1.807, 2.05) is 0 Å². The highest BCUT2D eigenvalue weighted by atomic mass is 35.5. The largest absolute Gasteiger partial charge is 0.309 e. The Balaban J connectivity index is 2.21. The highest BCUT2D eigenvalue weighted by Crippen LogP contribution is 2.28. The van der Waals surface area contributed by atoms with Gasteiger partial charge in [0.05, 0.1) is 5.02 Å². The zero-order valence-electron chi connectivity index (χ0n) is 11.0. The van der Waals surface area contributed by atoms with Crippen molar-refractivity contribution >= 4 is 22.9 Å². The molecule has 2 aromatic rings. The Kier molecular flexibility index (Phi) is 4.97. The molecule has 1 N–H and O–H groups in total. The van der Waals surface area contributed by atoms with Crippen molar-refractivity contribution in [3.05, 3.63) is 56.5 Å². The minimum Gasteiger partial charge on any atom is -0.309 e. The number of halogens is 2. The fourth-order valence-electron chi connectivity index (χ4n) is 2.15. The number of nitrogens with one attached hydrogen (secondary N) is 1. The summed E-state index contributed by atoms with van der Waals surface area (Å²) >= 11 is 7.59. The van der Waals surface area contributed by atoms with E-state index in [-0.39, 0.29) is 16.9 Å². The van der Waals surface area contributed by atoms with Crippen molar-refractivity contribution in [1.82, 2.24) is 5.32 Å². The number of hydrogen-bond acceptors (Lipinski definition) is 2. The Hall–Kier alpha value is -0.900. The summed E-state index contributed by atoms with van der Waals surface area (Å²) in [6.45, 7) is 5.11. The molecule has 1 nitrogen and oxygen atoms in total. The average Bonchev–Trinajstić information content (AvgIpc) is 2.79. The summed E-state index contributed by atoms with van der Waals surface area (Å²) < 4.78 is 13.2. The minimum atomic E-state index is -0.363. The Morgan fingerprint density at radius 1 is 1.37 bits per heavy atom. The topological polar surface area (TPSA) is 12.0 Å². The summed E-state index contributed by atoms with van der Waals surface area (Å²) in [5.41, 5.74) is 2.34. The first-order valence-electron chi connectivity index (χ1n) is 6.33. The third kappa shape index (κ3) is 3.56. The molecule has 0 saturated heterocycles. The van der Waals surface area contributed by atoms with Gasteiger partial charge in [-0.2, -0.15) is 0 Å². The molecule has 0 radical (unpaired) electrons. The maximum atomic E-state index is 13.2. The number of benzene rings is 1. The Bertz CT molecular complexity index is 553. The zero-order chi connectivity index (χ0) is 13.8. The molecule has 2 rings (SSSR count). The predicted molar refractivity (Wildman–Crippen MR) is 80.6 cm³/mol. The highest BCUT2D eigenvalue weighted by molar-refractivity contribution is 7.10. The van der Waals surface area contributed by atoms with E-state index in [9.17, 15) is 4.39 Å². The number of likely N-dealkylation sites (N-methyl/N-ethyl adjacent to an activating group) is 1. The van der Waals surface area contributed by atoms with Gasteiger partial charge in [0.2, 0.25) is 0 Å². The van der Waals surface area contributed by atoms with Crippen LogP contribution >= 0.6 is 22.9 Å². The second kappa shape index (κ2) is 6.51. The average molecular weight is 298 g/mol. The summed E-state index contributed by atoms with van der Waals surface area (Å²) in [6.07, 6.45) is 0.815. The lowest BCUT2D eigenvalue weighted by molar-refractivity contribution is 0.555. The van der Waals surface area contributed by atoms with Gasteiger partial charge in [-0.3, -0.25) is 0 Å². The van der Waals surface area contributed by atoms with Crippen LogP contribution < -0.4 is 5.32 Å². The summed E-state index contributed by atoms with van der Waals surface area (Å²) in [7, 11) is 0. The number of thiophene rings is 1. The maximum Gasteiger partial charge on any atom is 0.141 e. The first-order valence-corrected chi connectivity index (χ1v) is 7.59. The molecule has 0 aliphatic rings. The second-order valence-electron chi connectivity index (χ2n) is 4.53. The molecule has 19 heavy (non-hydrogen) atoms. The highest BCUT2D eigenvalue weighted by Gasteiger charge is 2.15. The molecule has 1 aromatic carbocycles. The van der Waals surface area contributed by atoms with Crippen LogP contribution in [0.4, 0.5) is 4.39 Å². The quantitative estimate of drug-likeness (QED) is 0.840. The third-order valence-electron chi connectivity index (χ3n) is 3.09. The van der Waals surface area contributed by atoms with E-state index in [1.165, 1.54) is 16.5 Å². The second-order valence-corrected chi connectivity index (χ2v) is 5.89. The van der Waals surface area contributed by atoms with E-state index < -0.39 is 0 Å². The first kappa shape index (κ1) is 14.5. The van der Waals surface area contributed by atoms with Crippen molar-refractivity contribution in [2.45, 2.75) is 26.3 Å². The number of hydrogen-bond donors (Lipinski definition) is 1. The van der Waals surface area contributed by atoms with Crippen LogP contribution in [0.15, 0.2) is 29.6 Å². The van der Waals surface area contributed by atoms with Gasteiger partial charge in [-0.1, -0.05) is 24.6 Å². The van der Waals surface area contributed by atoms with Crippen LogP contribution in [0.2, 0.25) is 5.02 Å². The van der Waals surface area contributed by atoms with Gasteiger partial charge in [0.1, 0.15) is 5.82 Å². The van der Waals surface area contributed by atoms with Gasteiger partial charge in [-0.25, -0.2) is 4.39 Å². The molecule has 1 heterocycles. The fraction of sp³-hybridized carbons (Fsp3) is 0.333. The monoisotopic (exact) mass is 297 g/mol. The van der Waals surface area contributed by atoms with Crippen molar-refractivity contribution in [2.75, 3.05) is 6.54 Å². The smallest absolute Gasteiger partial charge is 0.141 e. The standard InChI is InChI=1S/C15H17ClFNS/c1-3-18-14(15-10(2)6-7-19-15)9-11-4-5-13(17)12(16)8-11/h4-8,14,18H,3,9H2,1-2H3. The lowest BCUT2D eigenvalue weighted by Gasteiger charge is -2.18. The van der Waals surface area contributed by atoms with Crippen LogP contribution in [0.1, 0.15) is 29.0 Å². The molecule has 0 fully saturated rings. The summed E-state index contributed by atoms with van der Waals surface area (Å²) in [6, 6.07) is 7.33. The van der Waals surface area contributed by atoms with E-state index in [2.05, 4.69) is 30.6 Å². The van der Waals surface area contributed by atoms with Crippen molar-refractivity contribution < 1.29 is 4.39 Å². The third-order valence-corrected chi connectivity index (χ3v) is 4.51. The van der Waals surface area contributed by atoms with Crippen LogP contribution in [0.3, 0.4) is 0 Å². The van der Waals surface area contributed by atoms with Gasteiger partial charge in [-0.05, 0) is 54.6 Å². The molecule has 0 aliphatic heterocycles. The molecule has 0 amide bonds. The summed E-state index contributed by atoms with van der Waals surface area (Å²) in [5, 5.41) is 5.78. The van der Waals surface area contributed by atoms with Crippen molar-refractivity contribution in [2.24, 2.45) is 0 Å². The Morgan fingerprint density at radius 2 is 2.16 bits per heavy atom. The normalized spacial score (nSPS) is 12.6. The van der Waals surface area contributed by atoms with E-state index in [4.69, 9.17) is 11.6 Å². The lowest BCUT2D eigenvalue weighted by atomic mass is 10.0. The summed E-state index contributed by atoms with van der Waals surface area (Å²) in [4.78, 5) is 1.34. The molecule has 0 aliphatic carbocycles. The minimum absolute atomic E-state index is 0.190. The van der Waals surface area contributed by atoms with Crippen molar-refractivity contribution in [3.63, 3.8) is 0 Å². The Labute approximate surface area is 122 Å². The predicted octanol–water partition coefficient (Wildman–Crippen LogP) is 4.74. The van der Waals surface area contributed by atoms with Crippen LogP contribution in [0.5, 0.6) is 0 Å². The van der Waals surface area contributed by atoms with Crippen molar-refractivity contribution in [1.29, 1.82) is 0 Å². The van der Waals surface area contributed by atoms with Gasteiger partial charge < -0.3 is 5.32 Å². The molecule has 0 saturated carbocycles. The molecular formula is C15H17ClFNS. The van der Waals surface area contributed by atoms with Gasteiger partial charge in [0, 0.05) is 10.9 Å². The van der Waals surface area contributed by atoms with E-state index >= 15 is 0 Å². The SMILES string of the molecule is CCNC(Cc1ccc(F)c(Cl)c1)c1sccc1C. The first-order chi connectivity index (χ1) is 9.11. The molecule has 0 bridgehead atoms. The van der Waals surface area contributed by atoms with E-state index in [0.29, 0.717) is 0 Å². The van der Waals surface area contributed by atoms with E-state index in [1.54, 1.807) is 23.5 Å². The van der Waals surface area contributed by atoms with Gasteiger partial charge in [0.25, 0.3) is 0 Å². The molecular weight excluding hydrogens is 281 g/mol.